The van der Waals surface area contributed by atoms with E-state index in [1.165, 1.54) is 5.56 Å². The number of aliphatic hydroxyl groups excluding tert-OH is 1. The number of benzene rings is 2. The lowest BCUT2D eigenvalue weighted by Crippen LogP contribution is -2.32. The zero-order valence-electron chi connectivity index (χ0n) is 22.2. The Morgan fingerprint density at radius 3 is 2.17 bits per heavy atom. The van der Waals surface area contributed by atoms with Crippen LogP contribution in [0, 0.1) is 12.3 Å². The molecular formula is C29H41NO5. The quantitative estimate of drug-likeness (QED) is 0.367. The van der Waals surface area contributed by atoms with Crippen molar-refractivity contribution in [3.8, 4) is 11.5 Å². The fourth-order valence-corrected chi connectivity index (χ4v) is 4.28. The summed E-state index contributed by atoms with van der Waals surface area (Å²) in [5, 5.41) is 22.1. The molecule has 0 saturated carbocycles. The van der Waals surface area contributed by atoms with Crippen molar-refractivity contribution in [2.24, 2.45) is 5.41 Å². The van der Waals surface area contributed by atoms with E-state index in [0.29, 0.717) is 11.4 Å². The largest absolute Gasteiger partial charge is 0.496 e. The minimum atomic E-state index is -0.951. The molecule has 3 N–H and O–H groups in total. The van der Waals surface area contributed by atoms with E-state index in [4.69, 9.17) is 14.6 Å². The number of ether oxygens (including phenoxy) is 2. The van der Waals surface area contributed by atoms with Crippen LogP contribution in [0.25, 0.3) is 5.70 Å². The summed E-state index contributed by atoms with van der Waals surface area (Å²) in [7, 11) is 1.61. The van der Waals surface area contributed by atoms with Crippen molar-refractivity contribution in [1.82, 2.24) is 5.32 Å². The number of carboxylic acid groups (broad SMARTS) is 1. The number of nitrogens with one attached hydrogen (secondary N) is 1. The summed E-state index contributed by atoms with van der Waals surface area (Å²) >= 11 is 0. The van der Waals surface area contributed by atoms with Crippen LogP contribution in [0.5, 0.6) is 11.5 Å². The lowest BCUT2D eigenvalue weighted by molar-refractivity contribution is -0.135. The highest BCUT2D eigenvalue weighted by atomic mass is 16.5. The highest BCUT2D eigenvalue weighted by Crippen LogP contribution is 2.42. The molecule has 2 aromatic rings. The standard InChI is InChI=1S/C29H41NO5/c1-9-29(10-2,21-12-14-24(19(3)15-21)35-18-26(31)28(5,6)7)22-11-13-23(25(16-22)34-8)20(4)30-17-27(32)33/h11-16,26,30-31H,4,9-10,17-18H2,1-3,5-8H3,(H,32,33). The van der Waals surface area contributed by atoms with E-state index in [2.05, 4.69) is 43.9 Å². The molecule has 0 bridgehead atoms. The van der Waals surface area contributed by atoms with Crippen LogP contribution in [-0.2, 0) is 10.2 Å². The van der Waals surface area contributed by atoms with Crippen LogP contribution in [0.4, 0.5) is 0 Å². The first-order chi connectivity index (χ1) is 16.4. The highest BCUT2D eigenvalue weighted by molar-refractivity contribution is 5.74. The molecule has 35 heavy (non-hydrogen) atoms. The van der Waals surface area contributed by atoms with Gasteiger partial charge in [-0.2, -0.15) is 0 Å². The monoisotopic (exact) mass is 483 g/mol. The maximum atomic E-state index is 10.9. The Morgan fingerprint density at radius 2 is 1.66 bits per heavy atom. The van der Waals surface area contributed by atoms with E-state index in [-0.39, 0.29) is 24.0 Å². The van der Waals surface area contributed by atoms with Crippen molar-refractivity contribution in [1.29, 1.82) is 0 Å². The van der Waals surface area contributed by atoms with Crippen LogP contribution in [0.1, 0.15) is 69.7 Å². The van der Waals surface area contributed by atoms with E-state index in [9.17, 15) is 9.90 Å². The molecule has 0 spiro atoms. The van der Waals surface area contributed by atoms with Gasteiger partial charge in [0.25, 0.3) is 0 Å². The number of hydrogen-bond acceptors (Lipinski definition) is 5. The second-order valence-electron chi connectivity index (χ2n) is 10.1. The molecule has 0 saturated heterocycles. The normalized spacial score (nSPS) is 12.7. The minimum absolute atomic E-state index is 0.210. The molecule has 6 nitrogen and oxygen atoms in total. The summed E-state index contributed by atoms with van der Waals surface area (Å²) < 4.78 is 11.6. The SMILES string of the molecule is C=C(NCC(=O)O)c1ccc(C(CC)(CC)c2ccc(OCC(O)C(C)(C)C)c(C)c2)cc1OC. The number of methoxy groups -OCH3 is 1. The highest BCUT2D eigenvalue weighted by Gasteiger charge is 2.32. The Kier molecular flexibility index (Phi) is 9.38. The number of carbonyl (C=O) groups is 1. The average molecular weight is 484 g/mol. The molecule has 2 rings (SSSR count). The van der Waals surface area contributed by atoms with Gasteiger partial charge in [0, 0.05) is 16.7 Å². The summed E-state index contributed by atoms with van der Waals surface area (Å²) in [6, 6.07) is 12.3. The predicted molar refractivity (Wildman–Crippen MR) is 141 cm³/mol. The molecular weight excluding hydrogens is 442 g/mol. The molecule has 0 heterocycles. The fourth-order valence-electron chi connectivity index (χ4n) is 4.28. The first-order valence-corrected chi connectivity index (χ1v) is 12.1. The molecule has 0 fully saturated rings. The summed E-state index contributed by atoms with van der Waals surface area (Å²) in [6.45, 7) is 16.4. The second-order valence-corrected chi connectivity index (χ2v) is 10.1. The number of aryl methyl sites for hydroxylation is 1. The topological polar surface area (TPSA) is 88.0 Å². The molecule has 1 atom stereocenters. The average Bonchev–Trinajstić information content (AvgIpc) is 2.82. The van der Waals surface area contributed by atoms with Gasteiger partial charge in [0.05, 0.1) is 13.2 Å². The third-order valence-electron chi connectivity index (χ3n) is 6.86. The second kappa shape index (κ2) is 11.6. The number of rotatable bonds is 12. The molecule has 6 heteroatoms. The van der Waals surface area contributed by atoms with Crippen molar-refractivity contribution in [3.05, 3.63) is 65.2 Å². The Morgan fingerprint density at radius 1 is 1.06 bits per heavy atom. The number of carboxylic acids is 1. The molecule has 2 aromatic carbocycles. The van der Waals surface area contributed by atoms with Crippen LogP contribution in [0.3, 0.4) is 0 Å². The number of hydrogen-bond donors (Lipinski definition) is 3. The van der Waals surface area contributed by atoms with Crippen molar-refractivity contribution in [3.63, 3.8) is 0 Å². The molecule has 0 aliphatic rings. The Labute approximate surface area is 210 Å². The summed E-state index contributed by atoms with van der Waals surface area (Å²) in [4.78, 5) is 10.9. The van der Waals surface area contributed by atoms with E-state index >= 15 is 0 Å². The Balaban J connectivity index is 2.40. The van der Waals surface area contributed by atoms with Crippen LogP contribution in [0.2, 0.25) is 0 Å². The van der Waals surface area contributed by atoms with E-state index in [1.807, 2.05) is 45.9 Å². The van der Waals surface area contributed by atoms with Gasteiger partial charge in [0.2, 0.25) is 0 Å². The Bertz CT molecular complexity index is 1030. The third kappa shape index (κ3) is 6.57. The van der Waals surface area contributed by atoms with Gasteiger partial charge >= 0.3 is 5.97 Å². The predicted octanol–water partition coefficient (Wildman–Crippen LogP) is 5.54. The molecule has 0 aliphatic carbocycles. The van der Waals surface area contributed by atoms with Gasteiger partial charge in [0.1, 0.15) is 24.7 Å². The van der Waals surface area contributed by atoms with Gasteiger partial charge in [-0.1, -0.05) is 59.4 Å². The van der Waals surface area contributed by atoms with Gasteiger partial charge in [-0.25, -0.2) is 0 Å². The molecule has 0 radical (unpaired) electrons. The van der Waals surface area contributed by atoms with Gasteiger partial charge in [-0.3, -0.25) is 4.79 Å². The molecule has 0 aromatic heterocycles. The van der Waals surface area contributed by atoms with Crippen LogP contribution in [0.15, 0.2) is 43.0 Å². The van der Waals surface area contributed by atoms with E-state index in [1.54, 1.807) is 7.11 Å². The number of aliphatic carboxylic acids is 1. The van der Waals surface area contributed by atoms with Crippen LogP contribution >= 0.6 is 0 Å². The van der Waals surface area contributed by atoms with Crippen molar-refractivity contribution >= 4 is 11.7 Å². The lowest BCUT2D eigenvalue weighted by Gasteiger charge is -2.34. The van der Waals surface area contributed by atoms with E-state index < -0.39 is 12.1 Å². The zero-order valence-corrected chi connectivity index (χ0v) is 22.2. The molecule has 0 aliphatic heterocycles. The summed E-state index contributed by atoms with van der Waals surface area (Å²) in [5.41, 5.74) is 4.07. The first-order valence-electron chi connectivity index (χ1n) is 12.1. The fraction of sp³-hybridized carbons (Fsp3) is 0.483. The third-order valence-corrected chi connectivity index (χ3v) is 6.86. The van der Waals surface area contributed by atoms with Gasteiger partial charge in [0.15, 0.2) is 0 Å². The van der Waals surface area contributed by atoms with Gasteiger partial charge in [-0.15, -0.1) is 0 Å². The molecule has 192 valence electrons. The maximum absolute atomic E-state index is 10.9. The van der Waals surface area contributed by atoms with E-state index in [0.717, 1.165) is 35.3 Å². The lowest BCUT2D eigenvalue weighted by atomic mass is 9.70. The summed E-state index contributed by atoms with van der Waals surface area (Å²) in [5.74, 6) is 0.463. The van der Waals surface area contributed by atoms with Crippen molar-refractivity contribution in [2.75, 3.05) is 20.3 Å². The van der Waals surface area contributed by atoms with Crippen LogP contribution < -0.4 is 14.8 Å². The van der Waals surface area contributed by atoms with Gasteiger partial charge < -0.3 is 25.0 Å². The number of aliphatic hydroxyl groups is 1. The first kappa shape index (κ1) is 28.2. The van der Waals surface area contributed by atoms with Gasteiger partial charge in [-0.05, 0) is 60.1 Å². The Hall–Kier alpha value is -2.99. The maximum Gasteiger partial charge on any atom is 0.322 e. The molecule has 0 amide bonds. The smallest absolute Gasteiger partial charge is 0.322 e. The van der Waals surface area contributed by atoms with Crippen molar-refractivity contribution in [2.45, 2.75) is 65.9 Å². The minimum Gasteiger partial charge on any atom is -0.496 e. The summed E-state index contributed by atoms with van der Waals surface area (Å²) in [6.07, 6.45) is 1.21. The zero-order chi connectivity index (χ0) is 26.4. The van der Waals surface area contributed by atoms with Crippen LogP contribution in [-0.4, -0.2) is 42.5 Å². The molecule has 1 unspecified atom stereocenters. The van der Waals surface area contributed by atoms with Crippen molar-refractivity contribution < 1.29 is 24.5 Å².